The first-order valence-corrected chi connectivity index (χ1v) is 11.0. The number of amides is 3. The third kappa shape index (κ3) is 4.27. The minimum atomic E-state index is -0.589. The van der Waals surface area contributed by atoms with E-state index in [1.807, 2.05) is 0 Å². The van der Waals surface area contributed by atoms with Gasteiger partial charge in [-0.2, -0.15) is 0 Å². The maximum atomic E-state index is 12.9. The van der Waals surface area contributed by atoms with E-state index < -0.39 is 11.9 Å². The van der Waals surface area contributed by atoms with E-state index in [4.69, 9.17) is 44.3 Å². The van der Waals surface area contributed by atoms with E-state index >= 15 is 0 Å². The number of nitrogens with one attached hydrogen (secondary N) is 1. The van der Waals surface area contributed by atoms with E-state index in [2.05, 4.69) is 5.32 Å². The van der Waals surface area contributed by atoms with Gasteiger partial charge < -0.3 is 9.47 Å². The predicted molar refractivity (Wildman–Crippen MR) is 123 cm³/mol. The molecule has 1 fully saturated rings. The zero-order valence-electron chi connectivity index (χ0n) is 16.3. The van der Waals surface area contributed by atoms with Crippen molar-refractivity contribution in [3.05, 3.63) is 67.3 Å². The molecule has 32 heavy (non-hydrogen) atoms. The molecule has 0 unspecified atom stereocenters. The third-order valence-corrected chi connectivity index (χ3v) is 6.64. The molecule has 4 rings (SSSR count). The Hall–Kier alpha value is -2.78. The van der Waals surface area contributed by atoms with Gasteiger partial charge in [0.25, 0.3) is 0 Å². The first kappa shape index (κ1) is 22.4. The van der Waals surface area contributed by atoms with Crippen molar-refractivity contribution in [2.45, 2.75) is 0 Å². The van der Waals surface area contributed by atoms with Gasteiger partial charge in [0.05, 0.1) is 32.6 Å². The van der Waals surface area contributed by atoms with Gasteiger partial charge in [-0.05, 0) is 42.5 Å². The number of thiophene rings is 1. The van der Waals surface area contributed by atoms with Crippen LogP contribution < -0.4 is 19.7 Å². The lowest BCUT2D eigenvalue weighted by Gasteiger charge is -2.18. The van der Waals surface area contributed by atoms with Crippen LogP contribution in [0.4, 0.5) is 10.5 Å². The molecular weight excluding hydrogens is 499 g/mol. The molecule has 0 atom stereocenters. The number of hydrogen-bond donors (Lipinski definition) is 1. The van der Waals surface area contributed by atoms with Crippen molar-refractivity contribution in [2.75, 3.05) is 18.6 Å². The fourth-order valence-electron chi connectivity index (χ4n) is 3.07. The van der Waals surface area contributed by atoms with Crippen LogP contribution in [0.3, 0.4) is 0 Å². The molecule has 0 aliphatic carbocycles. The number of methoxy groups -OCH3 is 1. The van der Waals surface area contributed by atoms with Gasteiger partial charge in [0.2, 0.25) is 11.7 Å². The lowest BCUT2D eigenvalue weighted by atomic mass is 10.1. The first-order valence-electron chi connectivity index (χ1n) is 9.03. The average Bonchev–Trinajstić information content (AvgIpc) is 3.35. The van der Waals surface area contributed by atoms with E-state index in [0.717, 1.165) is 11.3 Å². The van der Waals surface area contributed by atoms with E-state index in [1.54, 1.807) is 24.3 Å². The molecule has 1 aliphatic heterocycles. The van der Waals surface area contributed by atoms with Crippen LogP contribution in [0.2, 0.25) is 14.4 Å². The van der Waals surface area contributed by atoms with Gasteiger partial charge in [-0.1, -0.05) is 34.8 Å². The number of hydrogen-bond acceptors (Lipinski definition) is 6. The minimum Gasteiger partial charge on any atom is -0.496 e. The second kappa shape index (κ2) is 8.99. The molecule has 0 saturated carbocycles. The normalized spacial score (nSPS) is 13.3. The summed E-state index contributed by atoms with van der Waals surface area (Å²) in [4.78, 5) is 37.9. The van der Waals surface area contributed by atoms with Gasteiger partial charge in [-0.25, -0.2) is 4.79 Å². The summed E-state index contributed by atoms with van der Waals surface area (Å²) in [5, 5.41) is 2.27. The van der Waals surface area contributed by atoms with Crippen LogP contribution in [0.25, 0.3) is 0 Å². The molecule has 7 nitrogen and oxygen atoms in total. The summed E-state index contributed by atoms with van der Waals surface area (Å²) in [5.41, 5.74) is 0.558. The summed E-state index contributed by atoms with van der Waals surface area (Å²) < 4.78 is 11.7. The Bertz CT molecular complexity index is 1260. The van der Waals surface area contributed by atoms with Crippen molar-refractivity contribution in [1.29, 1.82) is 0 Å². The van der Waals surface area contributed by atoms with Gasteiger partial charge in [-0.3, -0.25) is 19.8 Å². The SMILES string of the molecule is COc1ccc(Oc2ccc(N3CC(=O)NC3=O)c(Cl)c2Cl)cc1C(=O)c1ccc(Cl)s1. The Kier molecular flexibility index (Phi) is 6.30. The highest BCUT2D eigenvalue weighted by Gasteiger charge is 2.30. The smallest absolute Gasteiger partial charge is 0.329 e. The quantitative estimate of drug-likeness (QED) is 0.334. The van der Waals surface area contributed by atoms with Crippen molar-refractivity contribution in [1.82, 2.24) is 5.32 Å². The molecule has 11 heteroatoms. The first-order chi connectivity index (χ1) is 15.3. The van der Waals surface area contributed by atoms with Crippen LogP contribution >= 0.6 is 46.1 Å². The fraction of sp³-hybridized carbons (Fsp3) is 0.0952. The maximum Gasteiger partial charge on any atom is 0.329 e. The standard InChI is InChI=1S/C21H13Cl3N2O5S/c1-30-13-4-2-10(8-11(13)20(28)15-6-7-16(22)32-15)31-14-5-3-12(18(23)19(14)24)26-9-17(27)25-21(26)29/h2-8H,9H2,1H3,(H,25,27,29). The van der Waals surface area contributed by atoms with Crippen LogP contribution in [-0.4, -0.2) is 31.4 Å². The van der Waals surface area contributed by atoms with E-state index in [0.29, 0.717) is 20.7 Å². The molecule has 0 spiro atoms. The Balaban J connectivity index is 1.64. The molecule has 1 saturated heterocycles. The maximum absolute atomic E-state index is 12.9. The van der Waals surface area contributed by atoms with Gasteiger partial charge in [0.15, 0.2) is 0 Å². The van der Waals surface area contributed by atoms with Crippen LogP contribution in [0.1, 0.15) is 15.2 Å². The largest absolute Gasteiger partial charge is 0.496 e. The van der Waals surface area contributed by atoms with Crippen LogP contribution in [0, 0.1) is 0 Å². The molecule has 3 amide bonds. The fourth-order valence-corrected chi connectivity index (χ4v) is 4.52. The second-order valence-corrected chi connectivity index (χ2v) is 9.02. The molecular formula is C21H13Cl3N2O5S. The number of rotatable bonds is 6. The second-order valence-electron chi connectivity index (χ2n) is 6.55. The number of urea groups is 1. The van der Waals surface area contributed by atoms with Crippen molar-refractivity contribution < 1.29 is 23.9 Å². The summed E-state index contributed by atoms with van der Waals surface area (Å²) in [5.74, 6) is 0.181. The zero-order chi connectivity index (χ0) is 23.0. The molecule has 0 radical (unpaired) electrons. The van der Waals surface area contributed by atoms with Gasteiger partial charge in [0.1, 0.15) is 28.8 Å². The van der Waals surface area contributed by atoms with Gasteiger partial charge in [0, 0.05) is 0 Å². The highest BCUT2D eigenvalue weighted by molar-refractivity contribution is 7.18. The monoisotopic (exact) mass is 510 g/mol. The Morgan fingerprint density at radius 1 is 1.03 bits per heavy atom. The van der Waals surface area contributed by atoms with Crippen LogP contribution in [-0.2, 0) is 4.79 Å². The summed E-state index contributed by atoms with van der Waals surface area (Å²) in [6.07, 6.45) is 0. The van der Waals surface area contributed by atoms with Crippen LogP contribution in [0.5, 0.6) is 17.2 Å². The summed E-state index contributed by atoms with van der Waals surface area (Å²) in [7, 11) is 1.46. The highest BCUT2D eigenvalue weighted by Crippen LogP contribution is 2.42. The molecule has 1 N–H and O–H groups in total. The van der Waals surface area contributed by atoms with Gasteiger partial charge in [-0.15, -0.1) is 11.3 Å². The lowest BCUT2D eigenvalue weighted by molar-refractivity contribution is -0.117. The number of nitrogens with zero attached hydrogens (tertiary/aromatic N) is 1. The van der Waals surface area contributed by atoms with E-state index in [-0.39, 0.29) is 39.4 Å². The number of carbonyl (C=O) groups is 3. The molecule has 1 aliphatic rings. The summed E-state index contributed by atoms with van der Waals surface area (Å²) in [6.45, 7) is -0.161. The van der Waals surface area contributed by atoms with Crippen LogP contribution in [0.15, 0.2) is 42.5 Å². The Morgan fingerprint density at radius 3 is 2.41 bits per heavy atom. The molecule has 1 aromatic heterocycles. The number of carbonyl (C=O) groups excluding carboxylic acids is 3. The van der Waals surface area contributed by atoms with Crippen molar-refractivity contribution >= 4 is 69.5 Å². The summed E-state index contributed by atoms with van der Waals surface area (Å²) >= 11 is 19.8. The average molecular weight is 512 g/mol. The Labute approximate surface area is 201 Å². The molecule has 164 valence electrons. The van der Waals surface area contributed by atoms with Crippen molar-refractivity contribution in [3.8, 4) is 17.2 Å². The van der Waals surface area contributed by atoms with Crippen molar-refractivity contribution in [3.63, 3.8) is 0 Å². The zero-order valence-corrected chi connectivity index (χ0v) is 19.4. The third-order valence-electron chi connectivity index (χ3n) is 4.55. The molecule has 0 bridgehead atoms. The number of imide groups is 1. The van der Waals surface area contributed by atoms with E-state index in [1.165, 1.54) is 30.2 Å². The van der Waals surface area contributed by atoms with E-state index in [9.17, 15) is 14.4 Å². The molecule has 2 aromatic carbocycles. The number of benzene rings is 2. The number of ketones is 1. The molecule has 2 heterocycles. The highest BCUT2D eigenvalue weighted by atomic mass is 35.5. The topological polar surface area (TPSA) is 84.9 Å². The van der Waals surface area contributed by atoms with Crippen molar-refractivity contribution in [2.24, 2.45) is 0 Å². The summed E-state index contributed by atoms with van der Waals surface area (Å²) in [6, 6.07) is 10.5. The molecule has 3 aromatic rings. The predicted octanol–water partition coefficient (Wildman–Crippen LogP) is 5.80. The lowest BCUT2D eigenvalue weighted by Crippen LogP contribution is -2.28. The number of anilines is 1. The van der Waals surface area contributed by atoms with Gasteiger partial charge >= 0.3 is 6.03 Å². The minimum absolute atomic E-state index is 0.0463. The number of ether oxygens (including phenoxy) is 2. The Morgan fingerprint density at radius 2 is 1.78 bits per heavy atom. The number of halogens is 3.